The molecule has 2 amide bonds. The minimum absolute atomic E-state index is 0.140. The first kappa shape index (κ1) is 20.5. The van der Waals surface area contributed by atoms with Crippen molar-refractivity contribution in [2.75, 3.05) is 18.2 Å². The molecule has 0 spiro atoms. The van der Waals surface area contributed by atoms with E-state index in [-0.39, 0.29) is 18.4 Å². The molecule has 0 aliphatic rings. The Bertz CT molecular complexity index is 977. The van der Waals surface area contributed by atoms with Crippen LogP contribution in [0.4, 0.5) is 5.69 Å². The molecule has 5 nitrogen and oxygen atoms in total. The zero-order valence-electron chi connectivity index (χ0n) is 16.1. The molecule has 6 heteroatoms. The molecule has 0 heterocycles. The van der Waals surface area contributed by atoms with Gasteiger partial charge < -0.3 is 15.4 Å². The second-order valence-corrected chi connectivity index (χ2v) is 7.14. The number of thioether (sulfide) groups is 1. The number of amides is 2. The third kappa shape index (κ3) is 6.40. The predicted molar refractivity (Wildman–Crippen MR) is 116 cm³/mol. The van der Waals surface area contributed by atoms with Gasteiger partial charge in [-0.2, -0.15) is 0 Å². The van der Waals surface area contributed by atoms with Gasteiger partial charge in [-0.25, -0.2) is 0 Å². The van der Waals surface area contributed by atoms with E-state index in [1.54, 1.807) is 36.0 Å². The molecule has 0 fully saturated rings. The number of benzene rings is 3. The Morgan fingerprint density at radius 1 is 0.931 bits per heavy atom. The molecule has 3 aromatic carbocycles. The van der Waals surface area contributed by atoms with E-state index < -0.39 is 0 Å². The first-order valence-electron chi connectivity index (χ1n) is 9.13. The van der Waals surface area contributed by atoms with Crippen LogP contribution in [0, 0.1) is 0 Å². The van der Waals surface area contributed by atoms with Crippen molar-refractivity contribution in [3.05, 3.63) is 90.0 Å². The number of anilines is 1. The van der Waals surface area contributed by atoms with Crippen molar-refractivity contribution in [1.82, 2.24) is 5.32 Å². The summed E-state index contributed by atoms with van der Waals surface area (Å²) < 4.78 is 5.55. The Morgan fingerprint density at radius 3 is 2.52 bits per heavy atom. The number of hydrogen-bond donors (Lipinski definition) is 2. The van der Waals surface area contributed by atoms with Crippen molar-refractivity contribution in [3.63, 3.8) is 0 Å². The molecule has 0 radical (unpaired) electrons. The fourth-order valence-electron chi connectivity index (χ4n) is 2.65. The van der Waals surface area contributed by atoms with Gasteiger partial charge in [0.25, 0.3) is 11.8 Å². The Balaban J connectivity index is 1.52. The Hall–Kier alpha value is -3.25. The molecule has 0 saturated carbocycles. The van der Waals surface area contributed by atoms with E-state index >= 15 is 0 Å². The molecule has 0 saturated heterocycles. The normalized spacial score (nSPS) is 10.2. The van der Waals surface area contributed by atoms with Crippen LogP contribution in [-0.4, -0.2) is 24.7 Å². The Labute approximate surface area is 174 Å². The van der Waals surface area contributed by atoms with Crippen LogP contribution in [0.3, 0.4) is 0 Å². The molecule has 0 atom stereocenters. The molecule has 29 heavy (non-hydrogen) atoms. The number of carbonyl (C=O) groups is 2. The monoisotopic (exact) mass is 406 g/mol. The van der Waals surface area contributed by atoms with E-state index in [2.05, 4.69) is 10.6 Å². The zero-order valence-corrected chi connectivity index (χ0v) is 16.9. The first-order chi connectivity index (χ1) is 14.1. The summed E-state index contributed by atoms with van der Waals surface area (Å²) in [5, 5.41) is 5.68. The van der Waals surface area contributed by atoms with Crippen LogP contribution >= 0.6 is 11.8 Å². The number of rotatable bonds is 8. The molecule has 148 valence electrons. The van der Waals surface area contributed by atoms with Gasteiger partial charge in [0.2, 0.25) is 0 Å². The summed E-state index contributed by atoms with van der Waals surface area (Å²) >= 11 is 1.61. The Kier molecular flexibility index (Phi) is 7.30. The van der Waals surface area contributed by atoms with Crippen LogP contribution in [0.15, 0.2) is 83.8 Å². The highest BCUT2D eigenvalue weighted by molar-refractivity contribution is 7.98. The molecule has 0 aliphatic heterocycles. The fourth-order valence-corrected chi connectivity index (χ4v) is 3.11. The molecule has 3 aromatic rings. The Morgan fingerprint density at radius 2 is 1.72 bits per heavy atom. The van der Waals surface area contributed by atoms with Crippen LogP contribution in [0.25, 0.3) is 0 Å². The molecule has 2 N–H and O–H groups in total. The van der Waals surface area contributed by atoms with Gasteiger partial charge in [0.05, 0.1) is 0 Å². The van der Waals surface area contributed by atoms with Gasteiger partial charge in [0.1, 0.15) is 5.75 Å². The van der Waals surface area contributed by atoms with Crippen molar-refractivity contribution in [2.24, 2.45) is 0 Å². The van der Waals surface area contributed by atoms with E-state index in [0.717, 1.165) is 16.1 Å². The third-order valence-corrected chi connectivity index (χ3v) is 4.84. The SMILES string of the molecule is CSc1cccc(NC(=O)COc2cccc(C(=O)NCc3ccccc3)c2)c1. The summed E-state index contributed by atoms with van der Waals surface area (Å²) in [6, 6.07) is 24.1. The first-order valence-corrected chi connectivity index (χ1v) is 10.4. The molecule has 3 rings (SSSR count). The van der Waals surface area contributed by atoms with Crippen molar-refractivity contribution >= 4 is 29.3 Å². The summed E-state index contributed by atoms with van der Waals surface area (Å²) in [7, 11) is 0. The topological polar surface area (TPSA) is 67.4 Å². The lowest BCUT2D eigenvalue weighted by atomic mass is 10.2. The van der Waals surface area contributed by atoms with Crippen LogP contribution in [0.1, 0.15) is 15.9 Å². The maximum atomic E-state index is 12.4. The second-order valence-electron chi connectivity index (χ2n) is 6.26. The van der Waals surface area contributed by atoms with Gasteiger partial charge in [0.15, 0.2) is 6.61 Å². The van der Waals surface area contributed by atoms with Crippen molar-refractivity contribution in [3.8, 4) is 5.75 Å². The van der Waals surface area contributed by atoms with E-state index in [1.165, 1.54) is 0 Å². The number of carbonyl (C=O) groups excluding carboxylic acids is 2. The van der Waals surface area contributed by atoms with E-state index in [9.17, 15) is 9.59 Å². The lowest BCUT2D eigenvalue weighted by Crippen LogP contribution is -2.23. The van der Waals surface area contributed by atoms with Crippen LogP contribution in [0.5, 0.6) is 5.75 Å². The molecule has 0 unspecified atom stereocenters. The van der Waals surface area contributed by atoms with E-state index in [4.69, 9.17) is 4.74 Å². The van der Waals surface area contributed by atoms with Crippen LogP contribution in [-0.2, 0) is 11.3 Å². The summed E-state index contributed by atoms with van der Waals surface area (Å²) in [4.78, 5) is 25.6. The highest BCUT2D eigenvalue weighted by Gasteiger charge is 2.09. The smallest absolute Gasteiger partial charge is 0.262 e. The summed E-state index contributed by atoms with van der Waals surface area (Å²) in [5.74, 6) is 0.00481. The lowest BCUT2D eigenvalue weighted by Gasteiger charge is -2.10. The predicted octanol–water partition coefficient (Wildman–Crippen LogP) is 4.36. The average molecular weight is 407 g/mol. The maximum absolute atomic E-state index is 12.4. The summed E-state index contributed by atoms with van der Waals surface area (Å²) in [6.45, 7) is 0.306. The number of ether oxygens (including phenoxy) is 1. The van der Waals surface area contributed by atoms with E-state index in [0.29, 0.717) is 17.9 Å². The minimum Gasteiger partial charge on any atom is -0.484 e. The van der Waals surface area contributed by atoms with E-state index in [1.807, 2.05) is 60.9 Å². The van der Waals surface area contributed by atoms with Crippen LogP contribution in [0.2, 0.25) is 0 Å². The average Bonchev–Trinajstić information content (AvgIpc) is 2.77. The molecule has 0 aliphatic carbocycles. The summed E-state index contributed by atoms with van der Waals surface area (Å²) in [5.41, 5.74) is 2.22. The van der Waals surface area contributed by atoms with Gasteiger partial charge >= 0.3 is 0 Å². The standard InChI is InChI=1S/C23H22N2O3S/c1-29-21-12-6-10-19(14-21)25-22(26)16-28-20-11-5-9-18(13-20)23(27)24-15-17-7-3-2-4-8-17/h2-14H,15-16H2,1H3,(H,24,27)(H,25,26). The lowest BCUT2D eigenvalue weighted by molar-refractivity contribution is -0.118. The summed E-state index contributed by atoms with van der Waals surface area (Å²) in [6.07, 6.45) is 1.98. The minimum atomic E-state index is -0.262. The van der Waals surface area contributed by atoms with Gasteiger partial charge in [0, 0.05) is 22.7 Å². The van der Waals surface area contributed by atoms with Gasteiger partial charge in [-0.1, -0.05) is 42.5 Å². The van der Waals surface area contributed by atoms with Crippen molar-refractivity contribution < 1.29 is 14.3 Å². The largest absolute Gasteiger partial charge is 0.484 e. The number of nitrogens with one attached hydrogen (secondary N) is 2. The van der Waals surface area contributed by atoms with Gasteiger partial charge in [-0.15, -0.1) is 11.8 Å². The van der Waals surface area contributed by atoms with Crippen molar-refractivity contribution in [2.45, 2.75) is 11.4 Å². The quantitative estimate of drug-likeness (QED) is 0.546. The maximum Gasteiger partial charge on any atom is 0.262 e. The van der Waals surface area contributed by atoms with Crippen LogP contribution < -0.4 is 15.4 Å². The highest BCUT2D eigenvalue weighted by atomic mass is 32.2. The highest BCUT2D eigenvalue weighted by Crippen LogP contribution is 2.19. The molecular weight excluding hydrogens is 384 g/mol. The van der Waals surface area contributed by atoms with Gasteiger partial charge in [-0.3, -0.25) is 9.59 Å². The number of hydrogen-bond acceptors (Lipinski definition) is 4. The van der Waals surface area contributed by atoms with Gasteiger partial charge in [-0.05, 0) is 48.2 Å². The third-order valence-electron chi connectivity index (χ3n) is 4.12. The molecular formula is C23H22N2O3S. The molecule has 0 aromatic heterocycles. The molecule has 0 bridgehead atoms. The fraction of sp³-hybridized carbons (Fsp3) is 0.130. The zero-order chi connectivity index (χ0) is 20.5. The second kappa shape index (κ2) is 10.3. The van der Waals surface area contributed by atoms with Crippen molar-refractivity contribution in [1.29, 1.82) is 0 Å².